The number of ether oxygens (including phenoxy) is 3. The maximum atomic E-state index is 11.6. The van der Waals surface area contributed by atoms with Crippen molar-refractivity contribution in [1.82, 2.24) is 15.5 Å². The molecule has 2 heterocycles. The fourth-order valence-corrected chi connectivity index (χ4v) is 3.04. The van der Waals surface area contributed by atoms with Gasteiger partial charge in [0.1, 0.15) is 12.4 Å². The van der Waals surface area contributed by atoms with E-state index < -0.39 is 0 Å². The zero-order valence-corrected chi connectivity index (χ0v) is 18.6. The normalized spacial score (nSPS) is 15.4. The molecule has 28 heavy (non-hydrogen) atoms. The van der Waals surface area contributed by atoms with Gasteiger partial charge in [-0.1, -0.05) is 0 Å². The molecule has 2 aliphatic heterocycles. The summed E-state index contributed by atoms with van der Waals surface area (Å²) < 4.78 is 16.4. The number of halogens is 1. The van der Waals surface area contributed by atoms with Crippen molar-refractivity contribution in [1.29, 1.82) is 0 Å². The summed E-state index contributed by atoms with van der Waals surface area (Å²) in [4.78, 5) is 18.1. The number of amides is 1. The van der Waals surface area contributed by atoms with Gasteiger partial charge in [-0.25, -0.2) is 0 Å². The summed E-state index contributed by atoms with van der Waals surface area (Å²) in [5.41, 5.74) is 0. The van der Waals surface area contributed by atoms with Gasteiger partial charge in [-0.05, 0) is 31.9 Å². The number of hydrogen-bond acceptors (Lipinski definition) is 5. The number of rotatable bonds is 9. The van der Waals surface area contributed by atoms with Gasteiger partial charge in [-0.2, -0.15) is 0 Å². The molecule has 0 atom stereocenters. The lowest BCUT2D eigenvalue weighted by atomic mass is 10.3. The van der Waals surface area contributed by atoms with Crippen molar-refractivity contribution >= 4 is 35.8 Å². The first-order valence-corrected chi connectivity index (χ1v) is 9.58. The quantitative estimate of drug-likeness (QED) is 0.232. The van der Waals surface area contributed by atoms with E-state index in [4.69, 9.17) is 14.2 Å². The smallest absolute Gasteiger partial charge is 0.231 e. The zero-order valence-electron chi connectivity index (χ0n) is 16.2. The van der Waals surface area contributed by atoms with E-state index in [1.54, 1.807) is 0 Å². The van der Waals surface area contributed by atoms with Crippen LogP contribution in [0, 0.1) is 0 Å². The zero-order chi connectivity index (χ0) is 18.9. The third kappa shape index (κ3) is 6.61. The Morgan fingerprint density at radius 1 is 1.29 bits per heavy atom. The second-order valence-electron chi connectivity index (χ2n) is 6.39. The van der Waals surface area contributed by atoms with Crippen LogP contribution < -0.4 is 24.8 Å². The van der Waals surface area contributed by atoms with Crippen molar-refractivity contribution < 1.29 is 19.0 Å². The summed E-state index contributed by atoms with van der Waals surface area (Å²) in [6.45, 7) is 6.57. The van der Waals surface area contributed by atoms with Gasteiger partial charge < -0.3 is 29.7 Å². The lowest BCUT2D eigenvalue weighted by Crippen LogP contribution is -2.39. The van der Waals surface area contributed by atoms with E-state index in [1.165, 1.54) is 0 Å². The van der Waals surface area contributed by atoms with Crippen molar-refractivity contribution in [3.63, 3.8) is 0 Å². The van der Waals surface area contributed by atoms with Gasteiger partial charge in [0.05, 0.1) is 6.54 Å². The predicted molar refractivity (Wildman–Crippen MR) is 118 cm³/mol. The van der Waals surface area contributed by atoms with Crippen molar-refractivity contribution in [2.24, 2.45) is 4.99 Å². The SMILES string of the molecule is CCNC(=NCCCN1CCCC1=O)NCCOc1ccc2c(c1)OCO2.I. The van der Waals surface area contributed by atoms with Crippen LogP contribution in [0.25, 0.3) is 0 Å². The summed E-state index contributed by atoms with van der Waals surface area (Å²) in [5, 5.41) is 6.48. The molecule has 8 nitrogen and oxygen atoms in total. The molecule has 2 N–H and O–H groups in total. The lowest BCUT2D eigenvalue weighted by molar-refractivity contribution is -0.127. The molecule has 0 unspecified atom stereocenters. The molecular formula is C19H29IN4O4. The Balaban J connectivity index is 0.00000280. The number of guanidine groups is 1. The van der Waals surface area contributed by atoms with Crippen LogP contribution in [0.15, 0.2) is 23.2 Å². The topological polar surface area (TPSA) is 84.4 Å². The minimum absolute atomic E-state index is 0. The van der Waals surface area contributed by atoms with Crippen LogP contribution >= 0.6 is 24.0 Å². The number of aliphatic imine (C=N–C) groups is 1. The third-order valence-electron chi connectivity index (χ3n) is 4.38. The van der Waals surface area contributed by atoms with E-state index >= 15 is 0 Å². The number of hydrogen-bond donors (Lipinski definition) is 2. The van der Waals surface area contributed by atoms with Gasteiger partial charge >= 0.3 is 0 Å². The summed E-state index contributed by atoms with van der Waals surface area (Å²) in [6.07, 6.45) is 2.54. The molecule has 0 saturated carbocycles. The molecule has 2 aliphatic rings. The van der Waals surface area contributed by atoms with E-state index in [0.29, 0.717) is 31.9 Å². The van der Waals surface area contributed by atoms with Gasteiger partial charge in [-0.3, -0.25) is 9.79 Å². The number of carbonyl (C=O) groups is 1. The molecule has 0 bridgehead atoms. The van der Waals surface area contributed by atoms with E-state index in [1.807, 2.05) is 30.0 Å². The lowest BCUT2D eigenvalue weighted by Gasteiger charge is -2.15. The number of nitrogens with zero attached hydrogens (tertiary/aromatic N) is 2. The summed E-state index contributed by atoms with van der Waals surface area (Å²) in [5.74, 6) is 3.24. The van der Waals surface area contributed by atoms with E-state index in [9.17, 15) is 4.79 Å². The second kappa shape index (κ2) is 11.8. The molecule has 3 rings (SSSR count). The van der Waals surface area contributed by atoms with E-state index in [2.05, 4.69) is 15.6 Å². The molecule has 0 spiro atoms. The first-order valence-electron chi connectivity index (χ1n) is 9.58. The fraction of sp³-hybridized carbons (Fsp3) is 0.579. The van der Waals surface area contributed by atoms with Gasteiger partial charge in [0, 0.05) is 38.7 Å². The first kappa shape index (κ1) is 22.4. The van der Waals surface area contributed by atoms with Crippen LogP contribution in [0.1, 0.15) is 26.2 Å². The second-order valence-corrected chi connectivity index (χ2v) is 6.39. The molecule has 1 aromatic carbocycles. The molecule has 0 aromatic heterocycles. The van der Waals surface area contributed by atoms with Crippen LogP contribution in [0.5, 0.6) is 17.2 Å². The Labute approximate surface area is 183 Å². The fourth-order valence-electron chi connectivity index (χ4n) is 3.04. The summed E-state index contributed by atoms with van der Waals surface area (Å²) in [7, 11) is 0. The van der Waals surface area contributed by atoms with Crippen LogP contribution in [0.4, 0.5) is 0 Å². The maximum Gasteiger partial charge on any atom is 0.231 e. The van der Waals surface area contributed by atoms with Crippen molar-refractivity contribution in [3.05, 3.63) is 18.2 Å². The standard InChI is InChI=1S/C19H28N4O4.HI/c1-2-20-19(21-8-4-11-23-10-3-5-18(23)24)22-9-12-25-15-6-7-16-17(13-15)27-14-26-16;/h6-7,13H,2-5,8-12,14H2,1H3,(H2,20,21,22);1H. The number of nitrogens with one attached hydrogen (secondary N) is 2. The first-order chi connectivity index (χ1) is 13.3. The Morgan fingerprint density at radius 3 is 2.93 bits per heavy atom. The Hall–Kier alpha value is -1.91. The Kier molecular flexibility index (Phi) is 9.45. The average molecular weight is 504 g/mol. The molecule has 0 radical (unpaired) electrons. The average Bonchev–Trinajstić information content (AvgIpc) is 3.30. The van der Waals surface area contributed by atoms with Gasteiger partial charge in [0.15, 0.2) is 17.5 Å². The largest absolute Gasteiger partial charge is 0.492 e. The van der Waals surface area contributed by atoms with Crippen LogP contribution in [0.3, 0.4) is 0 Å². The van der Waals surface area contributed by atoms with Crippen LogP contribution in [-0.2, 0) is 4.79 Å². The van der Waals surface area contributed by atoms with E-state index in [-0.39, 0.29) is 36.7 Å². The number of likely N-dealkylation sites (tertiary alicyclic amines) is 1. The van der Waals surface area contributed by atoms with Crippen molar-refractivity contribution in [3.8, 4) is 17.2 Å². The van der Waals surface area contributed by atoms with Crippen LogP contribution in [0.2, 0.25) is 0 Å². The predicted octanol–water partition coefficient (Wildman–Crippen LogP) is 1.98. The minimum Gasteiger partial charge on any atom is -0.492 e. The van der Waals surface area contributed by atoms with Crippen molar-refractivity contribution in [2.45, 2.75) is 26.2 Å². The Morgan fingerprint density at radius 2 is 2.14 bits per heavy atom. The number of carbonyl (C=O) groups excluding carboxylic acids is 1. The molecule has 1 amide bonds. The molecule has 1 aromatic rings. The van der Waals surface area contributed by atoms with Gasteiger partial charge in [-0.15, -0.1) is 24.0 Å². The third-order valence-corrected chi connectivity index (χ3v) is 4.38. The monoisotopic (exact) mass is 504 g/mol. The van der Waals surface area contributed by atoms with E-state index in [0.717, 1.165) is 49.9 Å². The van der Waals surface area contributed by atoms with Crippen molar-refractivity contribution in [2.75, 3.05) is 46.1 Å². The summed E-state index contributed by atoms with van der Waals surface area (Å²) >= 11 is 0. The molecule has 9 heteroatoms. The van der Waals surface area contributed by atoms with Crippen LogP contribution in [-0.4, -0.2) is 62.9 Å². The molecule has 156 valence electrons. The minimum atomic E-state index is 0. The number of fused-ring (bicyclic) bond motifs is 1. The highest BCUT2D eigenvalue weighted by Gasteiger charge is 2.18. The molecule has 1 saturated heterocycles. The van der Waals surface area contributed by atoms with Gasteiger partial charge in [0.25, 0.3) is 0 Å². The highest BCUT2D eigenvalue weighted by molar-refractivity contribution is 14.0. The molecular weight excluding hydrogens is 475 g/mol. The molecule has 0 aliphatic carbocycles. The maximum absolute atomic E-state index is 11.6. The Bertz CT molecular complexity index is 671. The molecule has 1 fully saturated rings. The highest BCUT2D eigenvalue weighted by Crippen LogP contribution is 2.34. The summed E-state index contributed by atoms with van der Waals surface area (Å²) in [6, 6.07) is 5.55. The highest BCUT2D eigenvalue weighted by atomic mass is 127. The number of benzene rings is 1. The van der Waals surface area contributed by atoms with Gasteiger partial charge in [0.2, 0.25) is 12.7 Å².